The average Bonchev–Trinajstić information content (AvgIpc) is 2.77. The summed E-state index contributed by atoms with van der Waals surface area (Å²) in [5.41, 5.74) is 6.15. The van der Waals surface area contributed by atoms with Crippen LogP contribution in [0.5, 0.6) is 5.88 Å². The van der Waals surface area contributed by atoms with Gasteiger partial charge >= 0.3 is 0 Å². The van der Waals surface area contributed by atoms with Gasteiger partial charge in [0.1, 0.15) is 17.3 Å². The summed E-state index contributed by atoms with van der Waals surface area (Å²) in [6, 6.07) is 4.40. The lowest BCUT2D eigenvalue weighted by molar-refractivity contribution is 0.243. The molecule has 2 aromatic rings. The molecule has 0 fully saturated rings. The molecule has 0 bridgehead atoms. The molecule has 1 aromatic heterocycles. The quantitative estimate of drug-likeness (QED) is 0.621. The predicted molar refractivity (Wildman–Crippen MR) is 126 cm³/mol. The molecule has 2 unspecified atom stereocenters. The van der Waals surface area contributed by atoms with Crippen molar-refractivity contribution in [3.8, 4) is 18.2 Å². The largest absolute Gasteiger partial charge is 0.460 e. The molecule has 168 valence electrons. The molecule has 2 atom stereocenters. The molecule has 1 aliphatic rings. The minimum Gasteiger partial charge on any atom is -0.460 e. The van der Waals surface area contributed by atoms with Crippen molar-refractivity contribution in [3.63, 3.8) is 0 Å². The SMILES string of the molecule is C#CC(CC)Oc1cnc(/C(F)=C/c2ccc(F)c(C3(C)CSC(C)(C)C(N)=N3)c2)cn1. The van der Waals surface area contributed by atoms with E-state index in [-0.39, 0.29) is 16.3 Å². The van der Waals surface area contributed by atoms with Gasteiger partial charge in [-0.15, -0.1) is 18.2 Å². The third-order valence-electron chi connectivity index (χ3n) is 5.25. The summed E-state index contributed by atoms with van der Waals surface area (Å²) in [6.07, 6.45) is 9.42. The Bertz CT molecular complexity index is 1090. The highest BCUT2D eigenvalue weighted by molar-refractivity contribution is 8.01. The molecule has 1 aliphatic heterocycles. The maximum absolute atomic E-state index is 14.8. The fourth-order valence-electron chi connectivity index (χ4n) is 3.11. The van der Waals surface area contributed by atoms with Crippen LogP contribution in [0, 0.1) is 18.2 Å². The van der Waals surface area contributed by atoms with Crippen LogP contribution in [-0.2, 0) is 5.54 Å². The molecular formula is C24H26F2N4OS. The average molecular weight is 457 g/mol. The lowest BCUT2D eigenvalue weighted by Gasteiger charge is -2.37. The Balaban J connectivity index is 1.87. The van der Waals surface area contributed by atoms with E-state index in [4.69, 9.17) is 16.9 Å². The Morgan fingerprint density at radius 2 is 2.09 bits per heavy atom. The van der Waals surface area contributed by atoms with Crippen LogP contribution in [0.2, 0.25) is 0 Å². The molecule has 32 heavy (non-hydrogen) atoms. The first kappa shape index (κ1) is 23.7. The Morgan fingerprint density at radius 3 is 2.69 bits per heavy atom. The molecule has 0 saturated carbocycles. The van der Waals surface area contributed by atoms with Gasteiger partial charge in [-0.2, -0.15) is 0 Å². The van der Waals surface area contributed by atoms with Crippen molar-refractivity contribution in [2.24, 2.45) is 10.7 Å². The van der Waals surface area contributed by atoms with E-state index in [2.05, 4.69) is 20.9 Å². The number of ether oxygens (including phenoxy) is 1. The second-order valence-corrected chi connectivity index (χ2v) is 9.82. The van der Waals surface area contributed by atoms with Gasteiger partial charge in [0.15, 0.2) is 11.9 Å². The molecule has 0 amide bonds. The fraction of sp³-hybridized carbons (Fsp3) is 0.375. The minimum atomic E-state index is -0.847. The van der Waals surface area contributed by atoms with Crippen LogP contribution in [0.25, 0.3) is 11.9 Å². The molecule has 0 radical (unpaired) electrons. The van der Waals surface area contributed by atoms with E-state index < -0.39 is 23.3 Å². The summed E-state index contributed by atoms with van der Waals surface area (Å²) in [7, 11) is 0. The van der Waals surface area contributed by atoms with Crippen molar-refractivity contribution in [1.82, 2.24) is 9.97 Å². The number of halogens is 2. The number of nitrogens with two attached hydrogens (primary N) is 1. The highest BCUT2D eigenvalue weighted by atomic mass is 32.2. The third-order valence-corrected chi connectivity index (χ3v) is 6.89. The molecule has 5 nitrogen and oxygen atoms in total. The van der Waals surface area contributed by atoms with Crippen molar-refractivity contribution in [2.75, 3.05) is 5.75 Å². The molecule has 2 heterocycles. The van der Waals surface area contributed by atoms with Gasteiger partial charge in [-0.25, -0.2) is 18.7 Å². The van der Waals surface area contributed by atoms with Gasteiger partial charge in [0.2, 0.25) is 5.88 Å². The second-order valence-electron chi connectivity index (χ2n) is 8.22. The monoisotopic (exact) mass is 456 g/mol. The zero-order valence-electron chi connectivity index (χ0n) is 18.5. The first-order chi connectivity index (χ1) is 15.1. The van der Waals surface area contributed by atoms with E-state index >= 15 is 0 Å². The number of terminal acetylenes is 1. The number of thioether (sulfide) groups is 1. The van der Waals surface area contributed by atoms with Crippen LogP contribution >= 0.6 is 11.8 Å². The van der Waals surface area contributed by atoms with Crippen LogP contribution in [0.1, 0.15) is 50.9 Å². The summed E-state index contributed by atoms with van der Waals surface area (Å²) >= 11 is 1.61. The molecular weight excluding hydrogens is 430 g/mol. The van der Waals surface area contributed by atoms with E-state index in [9.17, 15) is 8.78 Å². The second kappa shape index (κ2) is 9.29. The summed E-state index contributed by atoms with van der Waals surface area (Å²) in [4.78, 5) is 12.7. The maximum Gasteiger partial charge on any atom is 0.233 e. The van der Waals surface area contributed by atoms with Gasteiger partial charge in [-0.1, -0.05) is 18.9 Å². The number of hydrogen-bond donors (Lipinski definition) is 1. The van der Waals surface area contributed by atoms with Crippen molar-refractivity contribution in [2.45, 2.75) is 50.5 Å². The normalized spacial score (nSPS) is 21.4. The Labute approximate surface area is 191 Å². The molecule has 0 saturated heterocycles. The zero-order valence-corrected chi connectivity index (χ0v) is 19.3. The summed E-state index contributed by atoms with van der Waals surface area (Å²) in [5, 5.41) is 0. The van der Waals surface area contributed by atoms with Gasteiger partial charge in [0.25, 0.3) is 0 Å². The predicted octanol–water partition coefficient (Wildman–Crippen LogP) is 4.97. The maximum atomic E-state index is 14.8. The third kappa shape index (κ3) is 5.10. The Morgan fingerprint density at radius 1 is 1.34 bits per heavy atom. The van der Waals surface area contributed by atoms with Crippen LogP contribution in [-0.4, -0.2) is 32.4 Å². The minimum absolute atomic E-state index is 0.0282. The molecule has 3 rings (SSSR count). The van der Waals surface area contributed by atoms with Crippen LogP contribution in [0.15, 0.2) is 35.6 Å². The Hall–Kier alpha value is -2.92. The molecule has 0 aliphatic carbocycles. The lowest BCUT2D eigenvalue weighted by Crippen LogP contribution is -2.44. The van der Waals surface area contributed by atoms with Gasteiger partial charge in [-0.05, 0) is 51.0 Å². The molecule has 1 aromatic carbocycles. The Kier molecular flexibility index (Phi) is 6.89. The number of rotatable bonds is 6. The fourth-order valence-corrected chi connectivity index (χ4v) is 4.17. The van der Waals surface area contributed by atoms with Gasteiger partial charge in [-0.3, -0.25) is 4.99 Å². The number of amidine groups is 1. The highest BCUT2D eigenvalue weighted by Crippen LogP contribution is 2.41. The van der Waals surface area contributed by atoms with Crippen LogP contribution in [0.3, 0.4) is 0 Å². The van der Waals surface area contributed by atoms with Crippen molar-refractivity contribution >= 4 is 29.5 Å². The number of benzene rings is 1. The van der Waals surface area contributed by atoms with Gasteiger partial charge in [0.05, 0.1) is 22.7 Å². The van der Waals surface area contributed by atoms with Crippen LogP contribution < -0.4 is 10.5 Å². The van der Waals surface area contributed by atoms with Crippen LogP contribution in [0.4, 0.5) is 8.78 Å². The molecule has 8 heteroatoms. The van der Waals surface area contributed by atoms with E-state index in [1.54, 1.807) is 17.8 Å². The standard InChI is InChI=1S/C24H26F2N4OS/c1-6-16(7-2)31-21-13-28-20(12-29-21)19(26)11-15-8-9-18(25)17(10-15)24(5)14-32-23(3,4)22(27)30-24/h1,8-13,16H,7,14H2,2-5H3,(H2,27,30)/b19-11-. The van der Waals surface area contributed by atoms with Crippen molar-refractivity contribution < 1.29 is 13.5 Å². The van der Waals surface area contributed by atoms with Crippen molar-refractivity contribution in [1.29, 1.82) is 0 Å². The molecule has 2 N–H and O–H groups in total. The number of aromatic nitrogens is 2. The highest BCUT2D eigenvalue weighted by Gasteiger charge is 2.39. The molecule has 0 spiro atoms. The van der Waals surface area contributed by atoms with E-state index in [0.717, 1.165) is 0 Å². The number of nitrogens with zero attached hydrogens (tertiary/aromatic N) is 3. The van der Waals surface area contributed by atoms with Gasteiger partial charge < -0.3 is 10.5 Å². The van der Waals surface area contributed by atoms with E-state index in [0.29, 0.717) is 29.1 Å². The summed E-state index contributed by atoms with van der Waals surface area (Å²) < 4.78 is 34.7. The number of aliphatic imine (C=N–C) groups is 1. The summed E-state index contributed by atoms with van der Waals surface area (Å²) in [5.74, 6) is 2.69. The smallest absolute Gasteiger partial charge is 0.233 e. The van der Waals surface area contributed by atoms with E-state index in [1.165, 1.54) is 30.6 Å². The topological polar surface area (TPSA) is 73.4 Å². The zero-order chi connectivity index (χ0) is 23.5. The lowest BCUT2D eigenvalue weighted by atomic mass is 9.91. The van der Waals surface area contributed by atoms with E-state index in [1.807, 2.05) is 27.7 Å². The van der Waals surface area contributed by atoms with Gasteiger partial charge in [0, 0.05) is 11.3 Å². The number of hydrogen-bond acceptors (Lipinski definition) is 6. The first-order valence-corrected chi connectivity index (χ1v) is 11.2. The first-order valence-electron chi connectivity index (χ1n) is 10.2. The van der Waals surface area contributed by atoms with Crippen molar-refractivity contribution in [3.05, 3.63) is 53.2 Å². The summed E-state index contributed by atoms with van der Waals surface area (Å²) in [6.45, 7) is 7.67.